The van der Waals surface area contributed by atoms with Crippen LogP contribution in [0.5, 0.6) is 0 Å². The van der Waals surface area contributed by atoms with Gasteiger partial charge in [0.25, 0.3) is 0 Å². The van der Waals surface area contributed by atoms with Crippen LogP contribution >= 0.6 is 0 Å². The summed E-state index contributed by atoms with van der Waals surface area (Å²) < 4.78 is 17.4. The number of ether oxygens (including phenoxy) is 3. The topological polar surface area (TPSA) is 61.8 Å². The van der Waals surface area contributed by atoms with E-state index in [-0.39, 0.29) is 25.2 Å². The maximum absolute atomic E-state index is 12.8. The maximum Gasteiger partial charge on any atom is 0.306 e. The summed E-state index contributed by atoms with van der Waals surface area (Å²) in [5.41, 5.74) is 0. The van der Waals surface area contributed by atoms with Crippen LogP contribution in [0.4, 0.5) is 0 Å². The maximum atomic E-state index is 12.8. The first kappa shape index (κ1) is 60.8. The van der Waals surface area contributed by atoms with Crippen LogP contribution in [0.25, 0.3) is 0 Å². The number of esters is 2. The van der Waals surface area contributed by atoms with E-state index in [1.807, 2.05) is 0 Å². The van der Waals surface area contributed by atoms with Gasteiger partial charge in [-0.15, -0.1) is 0 Å². The minimum Gasteiger partial charge on any atom is -0.462 e. The van der Waals surface area contributed by atoms with Gasteiger partial charge in [-0.2, -0.15) is 0 Å². The van der Waals surface area contributed by atoms with Gasteiger partial charge in [-0.05, 0) is 116 Å². The fourth-order valence-electron chi connectivity index (χ4n) is 7.08. The van der Waals surface area contributed by atoms with Crippen LogP contribution in [0.3, 0.4) is 0 Å². The van der Waals surface area contributed by atoms with Gasteiger partial charge in [-0.25, -0.2) is 0 Å². The summed E-state index contributed by atoms with van der Waals surface area (Å²) in [6, 6.07) is 0. The molecule has 0 bridgehead atoms. The molecule has 0 aliphatic rings. The lowest BCUT2D eigenvalue weighted by Gasteiger charge is -2.18. The summed E-state index contributed by atoms with van der Waals surface area (Å²) in [5, 5.41) is 0. The molecule has 0 aromatic heterocycles. The highest BCUT2D eigenvalue weighted by molar-refractivity contribution is 5.70. The Morgan fingerprint density at radius 3 is 1.19 bits per heavy atom. The standard InChI is InChI=1S/C59H100O5/c1-4-7-10-13-16-19-22-24-26-28-30-31-33-35-38-40-43-46-49-52-58(60)63-56-57(64-59(61)53-50-47-44-41-37-21-18-15-12-9-6-3)55-62-54-51-48-45-42-39-36-34-32-29-27-25-23-20-17-14-11-8-5-2/h8,11,15-20,24-27,32,34,39,42,57H,4-7,9-10,12-14,21-23,28-31,33,35-38,40-41,43-56H2,1-3H3/b11-8-,18-15-,19-16-,20-17-,26-24-,27-25-,34-32-,42-39-. The van der Waals surface area contributed by atoms with Crippen LogP contribution in [0.2, 0.25) is 0 Å². The molecule has 0 aliphatic heterocycles. The first-order valence-corrected chi connectivity index (χ1v) is 26.8. The van der Waals surface area contributed by atoms with Crippen molar-refractivity contribution in [1.82, 2.24) is 0 Å². The number of rotatable bonds is 48. The lowest BCUT2D eigenvalue weighted by molar-refractivity contribution is -0.163. The number of carbonyl (C=O) groups excluding carboxylic acids is 2. The van der Waals surface area contributed by atoms with E-state index in [9.17, 15) is 9.59 Å². The van der Waals surface area contributed by atoms with Crippen LogP contribution in [0, 0.1) is 0 Å². The lowest BCUT2D eigenvalue weighted by Crippen LogP contribution is -2.30. The van der Waals surface area contributed by atoms with Crippen LogP contribution in [0.1, 0.15) is 239 Å². The minimum absolute atomic E-state index is 0.0579. The molecule has 0 fully saturated rings. The molecular weight excluding hydrogens is 789 g/mol. The highest BCUT2D eigenvalue weighted by Gasteiger charge is 2.17. The van der Waals surface area contributed by atoms with Crippen LogP contribution in [-0.4, -0.2) is 37.9 Å². The molecule has 0 radical (unpaired) electrons. The predicted octanol–water partition coefficient (Wildman–Crippen LogP) is 18.2. The fraction of sp³-hybridized carbons (Fsp3) is 0.695. The van der Waals surface area contributed by atoms with Gasteiger partial charge < -0.3 is 14.2 Å². The van der Waals surface area contributed by atoms with Crippen molar-refractivity contribution in [3.05, 3.63) is 97.2 Å². The molecule has 0 N–H and O–H groups in total. The zero-order valence-corrected chi connectivity index (χ0v) is 42.0. The Morgan fingerprint density at radius 2 is 0.719 bits per heavy atom. The SMILES string of the molecule is CC/C=C\C/C=C\C/C=C\C/C=C\C/C=C\CCCCOCC(COC(=O)CCCCCCCCCCC/C=C\C/C=C\CCCCC)OC(=O)CCCCCCC/C=C\CCCC. The molecule has 0 heterocycles. The van der Waals surface area contributed by atoms with Gasteiger partial charge in [0.1, 0.15) is 6.61 Å². The van der Waals surface area contributed by atoms with Crippen molar-refractivity contribution in [3.8, 4) is 0 Å². The highest BCUT2D eigenvalue weighted by Crippen LogP contribution is 2.14. The number of hydrogen-bond acceptors (Lipinski definition) is 5. The van der Waals surface area contributed by atoms with Crippen molar-refractivity contribution in [3.63, 3.8) is 0 Å². The molecule has 0 saturated carbocycles. The summed E-state index contributed by atoms with van der Waals surface area (Å²) in [4.78, 5) is 25.4. The Bertz CT molecular complexity index is 1230. The van der Waals surface area contributed by atoms with E-state index < -0.39 is 6.10 Å². The van der Waals surface area contributed by atoms with Gasteiger partial charge in [-0.1, -0.05) is 208 Å². The fourth-order valence-corrected chi connectivity index (χ4v) is 7.08. The minimum atomic E-state index is -0.569. The molecule has 366 valence electrons. The summed E-state index contributed by atoms with van der Waals surface area (Å²) in [6.07, 6.45) is 72.8. The first-order valence-electron chi connectivity index (χ1n) is 26.8. The van der Waals surface area contributed by atoms with Gasteiger partial charge in [0.15, 0.2) is 6.10 Å². The molecule has 0 aromatic carbocycles. The van der Waals surface area contributed by atoms with Gasteiger partial charge in [0, 0.05) is 19.4 Å². The Balaban J connectivity index is 4.32. The molecular formula is C59H100O5. The number of unbranched alkanes of at least 4 members (excludes halogenated alkanes) is 21. The van der Waals surface area contributed by atoms with E-state index in [1.54, 1.807) is 0 Å². The first-order chi connectivity index (χ1) is 31.6. The molecule has 5 nitrogen and oxygen atoms in total. The lowest BCUT2D eigenvalue weighted by atomic mass is 10.1. The Labute approximate surface area is 396 Å². The van der Waals surface area contributed by atoms with Crippen LogP contribution < -0.4 is 0 Å². The zero-order valence-electron chi connectivity index (χ0n) is 42.0. The molecule has 1 unspecified atom stereocenters. The summed E-state index contributed by atoms with van der Waals surface area (Å²) in [6.45, 7) is 7.54. The normalized spacial score (nSPS) is 13.0. The van der Waals surface area contributed by atoms with E-state index in [1.165, 1.54) is 103 Å². The van der Waals surface area contributed by atoms with E-state index in [0.717, 1.165) is 103 Å². The quantitative estimate of drug-likeness (QED) is 0.0346. The summed E-state index contributed by atoms with van der Waals surface area (Å²) >= 11 is 0. The number of carbonyl (C=O) groups is 2. The molecule has 0 rings (SSSR count). The van der Waals surface area contributed by atoms with Gasteiger partial charge in [-0.3, -0.25) is 9.59 Å². The van der Waals surface area contributed by atoms with Gasteiger partial charge in [0.05, 0.1) is 6.61 Å². The largest absolute Gasteiger partial charge is 0.462 e. The van der Waals surface area contributed by atoms with Gasteiger partial charge >= 0.3 is 11.9 Å². The molecule has 0 saturated heterocycles. The number of allylic oxidation sites excluding steroid dienone is 16. The molecule has 0 spiro atoms. The second-order valence-corrected chi connectivity index (χ2v) is 17.4. The second-order valence-electron chi connectivity index (χ2n) is 17.4. The average molecular weight is 889 g/mol. The highest BCUT2D eigenvalue weighted by atomic mass is 16.6. The monoisotopic (exact) mass is 889 g/mol. The second kappa shape index (κ2) is 54.2. The molecule has 1 atom stereocenters. The molecule has 64 heavy (non-hydrogen) atoms. The summed E-state index contributed by atoms with van der Waals surface area (Å²) in [7, 11) is 0. The van der Waals surface area contributed by atoms with Crippen LogP contribution in [0.15, 0.2) is 97.2 Å². The van der Waals surface area contributed by atoms with Crippen molar-refractivity contribution in [1.29, 1.82) is 0 Å². The van der Waals surface area contributed by atoms with Crippen molar-refractivity contribution in [2.45, 2.75) is 245 Å². The Kier molecular flexibility index (Phi) is 51.5. The van der Waals surface area contributed by atoms with Crippen molar-refractivity contribution < 1.29 is 23.8 Å². The zero-order chi connectivity index (χ0) is 46.3. The molecule has 0 amide bonds. The predicted molar refractivity (Wildman–Crippen MR) is 279 cm³/mol. The number of hydrogen-bond donors (Lipinski definition) is 0. The van der Waals surface area contributed by atoms with Crippen molar-refractivity contribution in [2.75, 3.05) is 19.8 Å². The molecule has 5 heteroatoms. The Morgan fingerprint density at radius 1 is 0.359 bits per heavy atom. The smallest absolute Gasteiger partial charge is 0.306 e. The molecule has 0 aromatic rings. The van der Waals surface area contributed by atoms with E-state index in [0.29, 0.717) is 19.4 Å². The Hall–Kier alpha value is -3.18. The third-order valence-corrected chi connectivity index (χ3v) is 11.1. The third-order valence-electron chi connectivity index (χ3n) is 11.1. The third kappa shape index (κ3) is 51.5. The van der Waals surface area contributed by atoms with Crippen LogP contribution in [-0.2, 0) is 23.8 Å². The summed E-state index contributed by atoms with van der Waals surface area (Å²) in [5.74, 6) is -0.439. The van der Waals surface area contributed by atoms with Crippen molar-refractivity contribution >= 4 is 11.9 Å². The molecule has 0 aliphatic carbocycles. The average Bonchev–Trinajstić information content (AvgIpc) is 3.30. The van der Waals surface area contributed by atoms with Crippen molar-refractivity contribution in [2.24, 2.45) is 0 Å². The van der Waals surface area contributed by atoms with E-state index in [4.69, 9.17) is 14.2 Å². The van der Waals surface area contributed by atoms with E-state index in [2.05, 4.69) is 118 Å². The van der Waals surface area contributed by atoms with E-state index >= 15 is 0 Å². The van der Waals surface area contributed by atoms with Gasteiger partial charge in [0.2, 0.25) is 0 Å².